The number of carbonyl (C=O) groups excluding carboxylic acids is 1. The maximum absolute atomic E-state index is 11.5. The molecule has 0 aromatic carbocycles. The Hall–Kier alpha value is -2.90. The molecule has 8 heteroatoms. The largest absolute Gasteiger partial charge is 0.382 e. The summed E-state index contributed by atoms with van der Waals surface area (Å²) in [5, 5.41) is 0. The van der Waals surface area contributed by atoms with E-state index in [0.29, 0.717) is 30.3 Å². The number of amides is 1. The van der Waals surface area contributed by atoms with Crippen LogP contribution in [-0.4, -0.2) is 47.0 Å². The smallest absolute Gasteiger partial charge is 0.252 e. The third kappa shape index (κ3) is 2.76. The van der Waals surface area contributed by atoms with E-state index in [4.69, 9.17) is 11.5 Å². The van der Waals surface area contributed by atoms with Crippen LogP contribution in [0.4, 0.5) is 17.5 Å². The van der Waals surface area contributed by atoms with E-state index in [0.717, 1.165) is 18.9 Å². The average Bonchev–Trinajstić information content (AvgIpc) is 2.55. The molecule has 2 aromatic rings. The van der Waals surface area contributed by atoms with Gasteiger partial charge in [-0.1, -0.05) is 0 Å². The number of hydrogen-bond acceptors (Lipinski definition) is 7. The van der Waals surface area contributed by atoms with Crippen LogP contribution in [0.1, 0.15) is 10.4 Å². The highest BCUT2D eigenvalue weighted by molar-refractivity contribution is 5.97. The quantitative estimate of drug-likeness (QED) is 0.812. The van der Waals surface area contributed by atoms with Gasteiger partial charge in [-0.25, -0.2) is 9.97 Å². The zero-order valence-electron chi connectivity index (χ0n) is 12.0. The fraction of sp³-hybridized carbons (Fsp3) is 0.286. The normalized spacial score (nSPS) is 14.9. The Morgan fingerprint density at radius 2 is 1.86 bits per heavy atom. The van der Waals surface area contributed by atoms with Gasteiger partial charge >= 0.3 is 0 Å². The summed E-state index contributed by atoms with van der Waals surface area (Å²) in [5.41, 5.74) is 11.5. The summed E-state index contributed by atoms with van der Waals surface area (Å²) in [6.07, 6.45) is 4.88. The van der Waals surface area contributed by atoms with E-state index in [1.165, 1.54) is 6.20 Å². The van der Waals surface area contributed by atoms with Gasteiger partial charge in [-0.15, -0.1) is 0 Å². The van der Waals surface area contributed by atoms with Crippen LogP contribution < -0.4 is 21.3 Å². The van der Waals surface area contributed by atoms with Crippen molar-refractivity contribution in [3.63, 3.8) is 0 Å². The van der Waals surface area contributed by atoms with Gasteiger partial charge in [0.1, 0.15) is 17.5 Å². The van der Waals surface area contributed by atoms with Crippen LogP contribution in [0.2, 0.25) is 0 Å². The zero-order valence-corrected chi connectivity index (χ0v) is 12.0. The van der Waals surface area contributed by atoms with Gasteiger partial charge in [0.15, 0.2) is 0 Å². The molecule has 1 fully saturated rings. The molecule has 0 unspecified atom stereocenters. The van der Waals surface area contributed by atoms with Crippen molar-refractivity contribution >= 4 is 23.4 Å². The van der Waals surface area contributed by atoms with Crippen LogP contribution in [-0.2, 0) is 0 Å². The Morgan fingerprint density at radius 1 is 1.14 bits per heavy atom. The second kappa shape index (κ2) is 5.84. The third-order valence-electron chi connectivity index (χ3n) is 3.60. The average molecular weight is 299 g/mol. The first-order chi connectivity index (χ1) is 10.6. The monoisotopic (exact) mass is 299 g/mol. The van der Waals surface area contributed by atoms with Crippen LogP contribution in [0.25, 0.3) is 0 Å². The second-order valence-electron chi connectivity index (χ2n) is 5.02. The molecule has 0 atom stereocenters. The van der Waals surface area contributed by atoms with E-state index >= 15 is 0 Å². The highest BCUT2D eigenvalue weighted by Crippen LogP contribution is 2.20. The first-order valence-corrected chi connectivity index (χ1v) is 6.97. The summed E-state index contributed by atoms with van der Waals surface area (Å²) in [5.74, 6) is 1.33. The molecular formula is C14H17N7O. The first kappa shape index (κ1) is 14.1. The Bertz CT molecular complexity index is 682. The number of rotatable bonds is 3. The summed E-state index contributed by atoms with van der Waals surface area (Å²) in [4.78, 5) is 28.3. The van der Waals surface area contributed by atoms with Gasteiger partial charge in [0.2, 0.25) is 0 Å². The lowest BCUT2D eigenvalue weighted by molar-refractivity contribution is 0.100. The molecular weight excluding hydrogens is 282 g/mol. The molecule has 1 saturated heterocycles. The van der Waals surface area contributed by atoms with Gasteiger partial charge in [0, 0.05) is 32.4 Å². The van der Waals surface area contributed by atoms with Crippen molar-refractivity contribution in [2.24, 2.45) is 5.73 Å². The number of primary amides is 1. The summed E-state index contributed by atoms with van der Waals surface area (Å²) in [6.45, 7) is 2.92. The Morgan fingerprint density at radius 3 is 2.55 bits per heavy atom. The van der Waals surface area contributed by atoms with Gasteiger partial charge < -0.3 is 21.3 Å². The van der Waals surface area contributed by atoms with Gasteiger partial charge in [-0.2, -0.15) is 0 Å². The van der Waals surface area contributed by atoms with Gasteiger partial charge in [-0.05, 0) is 12.1 Å². The minimum absolute atomic E-state index is 0.403. The highest BCUT2D eigenvalue weighted by Gasteiger charge is 2.22. The lowest BCUT2D eigenvalue weighted by Gasteiger charge is -2.36. The summed E-state index contributed by atoms with van der Waals surface area (Å²) < 4.78 is 0. The Balaban J connectivity index is 1.73. The van der Waals surface area contributed by atoms with Crippen molar-refractivity contribution in [2.75, 3.05) is 41.7 Å². The molecule has 1 aliphatic heterocycles. The van der Waals surface area contributed by atoms with Crippen molar-refractivity contribution in [3.8, 4) is 0 Å². The van der Waals surface area contributed by atoms with E-state index in [-0.39, 0.29) is 0 Å². The van der Waals surface area contributed by atoms with E-state index in [1.807, 2.05) is 0 Å². The standard InChI is InChI=1S/C14H17N7O/c15-11-8-17-9-12(19-11)20-4-6-21(7-5-20)14-10(13(16)22)2-1-3-18-14/h1-3,8-9H,4-7H2,(H2,15,19)(H2,16,22). The topological polar surface area (TPSA) is 114 Å². The molecule has 3 heterocycles. The van der Waals surface area contributed by atoms with Crippen LogP contribution >= 0.6 is 0 Å². The van der Waals surface area contributed by atoms with Crippen LogP contribution in [0.15, 0.2) is 30.7 Å². The fourth-order valence-electron chi connectivity index (χ4n) is 2.51. The maximum Gasteiger partial charge on any atom is 0.252 e. The van der Waals surface area contributed by atoms with Gasteiger partial charge in [0.25, 0.3) is 5.91 Å². The van der Waals surface area contributed by atoms with Crippen molar-refractivity contribution in [3.05, 3.63) is 36.3 Å². The number of nitrogen functional groups attached to an aromatic ring is 1. The lowest BCUT2D eigenvalue weighted by Crippen LogP contribution is -2.47. The molecule has 0 bridgehead atoms. The minimum Gasteiger partial charge on any atom is -0.382 e. The number of nitrogens with two attached hydrogens (primary N) is 2. The first-order valence-electron chi connectivity index (χ1n) is 6.97. The highest BCUT2D eigenvalue weighted by atomic mass is 16.1. The summed E-state index contributed by atoms with van der Waals surface area (Å²) in [6, 6.07) is 3.41. The number of carbonyl (C=O) groups is 1. The zero-order chi connectivity index (χ0) is 15.5. The third-order valence-corrected chi connectivity index (χ3v) is 3.60. The molecule has 0 spiro atoms. The van der Waals surface area contributed by atoms with E-state index in [9.17, 15) is 4.79 Å². The SMILES string of the molecule is NC(=O)c1cccnc1N1CCN(c2cncc(N)n2)CC1. The number of pyridine rings is 1. The summed E-state index contributed by atoms with van der Waals surface area (Å²) >= 11 is 0. The predicted octanol–water partition coefficient (Wildman–Crippen LogP) is -0.121. The predicted molar refractivity (Wildman–Crippen MR) is 83.6 cm³/mol. The number of hydrogen-bond donors (Lipinski definition) is 2. The molecule has 2 aromatic heterocycles. The number of aromatic nitrogens is 3. The Kier molecular flexibility index (Phi) is 3.73. The Labute approximate surface area is 127 Å². The van der Waals surface area contributed by atoms with Crippen LogP contribution in [0.3, 0.4) is 0 Å². The number of anilines is 3. The minimum atomic E-state index is -0.466. The van der Waals surface area contributed by atoms with Crippen LogP contribution in [0.5, 0.6) is 0 Å². The molecule has 1 aliphatic rings. The van der Waals surface area contributed by atoms with Crippen molar-refractivity contribution in [2.45, 2.75) is 0 Å². The van der Waals surface area contributed by atoms with Crippen molar-refractivity contribution in [1.82, 2.24) is 15.0 Å². The van der Waals surface area contributed by atoms with Crippen molar-refractivity contribution < 1.29 is 4.79 Å². The van der Waals surface area contributed by atoms with Crippen molar-refractivity contribution in [1.29, 1.82) is 0 Å². The molecule has 0 radical (unpaired) electrons. The molecule has 3 rings (SSSR count). The molecule has 22 heavy (non-hydrogen) atoms. The molecule has 114 valence electrons. The molecule has 0 aliphatic carbocycles. The number of nitrogens with zero attached hydrogens (tertiary/aromatic N) is 5. The molecule has 4 N–H and O–H groups in total. The molecule has 1 amide bonds. The summed E-state index contributed by atoms with van der Waals surface area (Å²) in [7, 11) is 0. The van der Waals surface area contributed by atoms with E-state index in [2.05, 4.69) is 24.8 Å². The van der Waals surface area contributed by atoms with Crippen LogP contribution in [0, 0.1) is 0 Å². The lowest BCUT2D eigenvalue weighted by atomic mass is 10.2. The number of piperazine rings is 1. The molecule has 8 nitrogen and oxygen atoms in total. The fourth-order valence-corrected chi connectivity index (χ4v) is 2.51. The second-order valence-corrected chi connectivity index (χ2v) is 5.02. The van der Waals surface area contributed by atoms with Gasteiger partial charge in [-0.3, -0.25) is 9.78 Å². The van der Waals surface area contributed by atoms with E-state index in [1.54, 1.807) is 24.5 Å². The molecule has 0 saturated carbocycles. The maximum atomic E-state index is 11.5. The van der Waals surface area contributed by atoms with E-state index < -0.39 is 5.91 Å². The van der Waals surface area contributed by atoms with Gasteiger partial charge in [0.05, 0.1) is 18.0 Å².